The number of hydrogen-bond acceptors (Lipinski definition) is 2. The monoisotopic (exact) mass is 334 g/mol. The lowest BCUT2D eigenvalue weighted by Gasteiger charge is -2.28. The summed E-state index contributed by atoms with van der Waals surface area (Å²) in [6.07, 6.45) is -5.58. The molecule has 0 amide bonds. The third-order valence-electron chi connectivity index (χ3n) is 2.12. The number of hydrogen-bond donors (Lipinski definition) is 2. The molecule has 0 aromatic heterocycles. The second-order valence-corrected chi connectivity index (χ2v) is 5.43. The molecule has 0 saturated heterocycles. The van der Waals surface area contributed by atoms with E-state index in [-0.39, 0.29) is 6.54 Å². The first-order valence-electron chi connectivity index (χ1n) is 5.33. The Kier molecular flexibility index (Phi) is 6.23. The van der Waals surface area contributed by atoms with E-state index in [9.17, 15) is 39.2 Å². The molecule has 122 valence electrons. The van der Waals surface area contributed by atoms with Gasteiger partial charge in [0.2, 0.25) is 0 Å². The van der Waals surface area contributed by atoms with Crippen LogP contribution in [0.3, 0.4) is 0 Å². The molecule has 4 nitrogen and oxygen atoms in total. The number of rotatable bonds is 8. The predicted octanol–water partition coefficient (Wildman–Crippen LogP) is 2.04. The Hall–Kier alpha value is -0.620. The van der Waals surface area contributed by atoms with E-state index in [0.717, 1.165) is 4.72 Å². The van der Waals surface area contributed by atoms with Crippen molar-refractivity contribution in [2.24, 2.45) is 0 Å². The van der Waals surface area contributed by atoms with Crippen molar-refractivity contribution in [3.05, 3.63) is 0 Å². The first kappa shape index (κ1) is 19.4. The molecule has 0 saturated carbocycles. The summed E-state index contributed by atoms with van der Waals surface area (Å²) in [7, 11) is -4.57. The summed E-state index contributed by atoms with van der Waals surface area (Å²) in [5.74, 6) is -11.9. The average molecular weight is 334 g/mol. The minimum absolute atomic E-state index is 0.160. The number of alkyl halides is 7. The molecule has 0 unspecified atom stereocenters. The van der Waals surface area contributed by atoms with Gasteiger partial charge >= 0.3 is 18.0 Å². The highest BCUT2D eigenvalue weighted by Crippen LogP contribution is 2.46. The third-order valence-corrected chi connectivity index (χ3v) is 3.23. The third kappa shape index (κ3) is 5.05. The highest BCUT2D eigenvalue weighted by Gasteiger charge is 2.72. The van der Waals surface area contributed by atoms with Crippen LogP contribution in [0.1, 0.15) is 19.8 Å². The lowest BCUT2D eigenvalue weighted by atomic mass is 10.1. The Bertz CT molecular complexity index is 408. The molecule has 0 aliphatic carbocycles. The molecular weight excluding hydrogens is 321 g/mol. The smallest absolute Gasteiger partial charge is 0.202 e. The summed E-state index contributed by atoms with van der Waals surface area (Å²) in [6.45, 7) is -0.839. The fourth-order valence-electron chi connectivity index (χ4n) is 0.938. The minimum Gasteiger partial charge on any atom is -0.202 e. The summed E-state index contributed by atoms with van der Waals surface area (Å²) >= 11 is 0. The zero-order valence-electron chi connectivity index (χ0n) is 10.2. The van der Waals surface area contributed by atoms with Gasteiger partial charge in [-0.3, -0.25) is 0 Å². The van der Waals surface area contributed by atoms with Crippen LogP contribution in [0.25, 0.3) is 0 Å². The van der Waals surface area contributed by atoms with E-state index in [1.165, 1.54) is 0 Å². The quantitative estimate of drug-likeness (QED) is 0.527. The SMILES string of the molecule is CCCCNS(=O)(=O)NCC(F)(F)C(F)(F)C(F)(F)F. The van der Waals surface area contributed by atoms with Gasteiger partial charge in [0.15, 0.2) is 0 Å². The van der Waals surface area contributed by atoms with Crippen LogP contribution in [0.2, 0.25) is 0 Å². The van der Waals surface area contributed by atoms with Crippen LogP contribution in [-0.4, -0.2) is 39.5 Å². The van der Waals surface area contributed by atoms with Gasteiger partial charge in [-0.1, -0.05) is 13.3 Å². The Morgan fingerprint density at radius 2 is 1.45 bits per heavy atom. The highest BCUT2D eigenvalue weighted by molar-refractivity contribution is 7.87. The van der Waals surface area contributed by atoms with Crippen LogP contribution in [0.5, 0.6) is 0 Å². The Morgan fingerprint density at radius 1 is 0.950 bits per heavy atom. The molecule has 0 rings (SSSR count). The van der Waals surface area contributed by atoms with Crippen molar-refractivity contribution in [1.82, 2.24) is 9.44 Å². The molecule has 0 spiro atoms. The van der Waals surface area contributed by atoms with E-state index < -0.39 is 34.8 Å². The van der Waals surface area contributed by atoms with Gasteiger partial charge in [-0.15, -0.1) is 0 Å². The summed E-state index contributed by atoms with van der Waals surface area (Å²) in [5, 5.41) is 0. The van der Waals surface area contributed by atoms with Crippen molar-refractivity contribution < 1.29 is 39.2 Å². The van der Waals surface area contributed by atoms with E-state index in [4.69, 9.17) is 0 Å². The number of nitrogens with one attached hydrogen (secondary N) is 2. The minimum atomic E-state index is -6.49. The maximum absolute atomic E-state index is 12.8. The molecule has 12 heteroatoms. The molecule has 0 aromatic carbocycles. The van der Waals surface area contributed by atoms with Crippen molar-refractivity contribution in [3.8, 4) is 0 Å². The molecule has 2 N–H and O–H groups in total. The van der Waals surface area contributed by atoms with Crippen LogP contribution < -0.4 is 9.44 Å². The van der Waals surface area contributed by atoms with Gasteiger partial charge in [0.1, 0.15) is 0 Å². The fraction of sp³-hybridized carbons (Fsp3) is 1.00. The van der Waals surface area contributed by atoms with Crippen molar-refractivity contribution in [1.29, 1.82) is 0 Å². The second-order valence-electron chi connectivity index (χ2n) is 3.85. The van der Waals surface area contributed by atoms with Gasteiger partial charge in [-0.2, -0.15) is 43.9 Å². The number of unbranched alkanes of at least 4 members (excludes halogenated alkanes) is 1. The molecule has 0 aliphatic heterocycles. The molecule has 0 radical (unpaired) electrons. The summed E-state index contributed by atoms with van der Waals surface area (Å²) in [4.78, 5) is 0. The first-order valence-corrected chi connectivity index (χ1v) is 6.82. The molecule has 0 atom stereocenters. The molecule has 20 heavy (non-hydrogen) atoms. The van der Waals surface area contributed by atoms with Gasteiger partial charge in [0.25, 0.3) is 10.2 Å². The Balaban J connectivity index is 4.72. The summed E-state index contributed by atoms with van der Waals surface area (Å²) in [6, 6.07) is 0. The maximum Gasteiger partial charge on any atom is 0.459 e. The number of halogens is 7. The molecule has 0 bridgehead atoms. The predicted molar refractivity (Wildman–Crippen MR) is 55.8 cm³/mol. The summed E-state index contributed by atoms with van der Waals surface area (Å²) in [5.41, 5.74) is 0. The van der Waals surface area contributed by atoms with Crippen LogP contribution >= 0.6 is 0 Å². The first-order chi connectivity index (χ1) is 8.77. The van der Waals surface area contributed by atoms with E-state index in [1.54, 1.807) is 11.6 Å². The van der Waals surface area contributed by atoms with Crippen LogP contribution in [0.4, 0.5) is 30.7 Å². The van der Waals surface area contributed by atoms with Crippen LogP contribution in [-0.2, 0) is 10.2 Å². The van der Waals surface area contributed by atoms with Gasteiger partial charge in [0.05, 0.1) is 6.54 Å². The standard InChI is InChI=1S/C8H13F7N2O2S/c1-2-3-4-16-20(18,19)17-5-6(9,10)7(11,12)8(13,14)15/h16-17H,2-5H2,1H3. The fourth-order valence-corrected chi connectivity index (χ4v) is 1.82. The van der Waals surface area contributed by atoms with Crippen molar-refractivity contribution >= 4 is 10.2 Å². The van der Waals surface area contributed by atoms with Gasteiger partial charge < -0.3 is 0 Å². The van der Waals surface area contributed by atoms with E-state index >= 15 is 0 Å². The van der Waals surface area contributed by atoms with Crippen molar-refractivity contribution in [3.63, 3.8) is 0 Å². The second kappa shape index (κ2) is 6.43. The Labute approximate surface area is 110 Å². The molecule has 0 aliphatic rings. The van der Waals surface area contributed by atoms with E-state index in [1.807, 2.05) is 0 Å². The highest BCUT2D eigenvalue weighted by atomic mass is 32.2. The molecular formula is C8H13F7N2O2S. The van der Waals surface area contributed by atoms with E-state index in [0.29, 0.717) is 12.8 Å². The largest absolute Gasteiger partial charge is 0.459 e. The van der Waals surface area contributed by atoms with Crippen LogP contribution in [0.15, 0.2) is 0 Å². The molecule has 0 fully saturated rings. The van der Waals surface area contributed by atoms with Crippen molar-refractivity contribution in [2.45, 2.75) is 37.8 Å². The maximum atomic E-state index is 12.8. The lowest BCUT2D eigenvalue weighted by Crippen LogP contribution is -2.57. The summed E-state index contributed by atoms with van der Waals surface area (Å²) < 4.78 is 111. The van der Waals surface area contributed by atoms with Gasteiger partial charge in [-0.25, -0.2) is 4.72 Å². The van der Waals surface area contributed by atoms with Crippen molar-refractivity contribution in [2.75, 3.05) is 13.1 Å². The Morgan fingerprint density at radius 3 is 1.85 bits per heavy atom. The molecule has 0 heterocycles. The van der Waals surface area contributed by atoms with Gasteiger partial charge in [-0.05, 0) is 6.42 Å². The van der Waals surface area contributed by atoms with E-state index in [2.05, 4.69) is 0 Å². The molecule has 0 aromatic rings. The van der Waals surface area contributed by atoms with Crippen LogP contribution in [0, 0.1) is 0 Å². The normalized spacial score (nSPS) is 14.6. The van der Waals surface area contributed by atoms with Gasteiger partial charge in [0, 0.05) is 6.54 Å². The average Bonchev–Trinajstić information content (AvgIpc) is 2.25. The zero-order chi connectivity index (χ0) is 16.2. The topological polar surface area (TPSA) is 58.2 Å². The zero-order valence-corrected chi connectivity index (χ0v) is 11.0. The lowest BCUT2D eigenvalue weighted by molar-refractivity contribution is -0.352.